The summed E-state index contributed by atoms with van der Waals surface area (Å²) in [5.41, 5.74) is 11.7. The van der Waals surface area contributed by atoms with Gasteiger partial charge in [0.05, 0.1) is 11.3 Å². The van der Waals surface area contributed by atoms with Crippen LogP contribution in [0, 0.1) is 17.1 Å². The summed E-state index contributed by atoms with van der Waals surface area (Å²) in [4.78, 5) is 12.1. The maximum atomic E-state index is 14.6. The predicted molar refractivity (Wildman–Crippen MR) is 135 cm³/mol. The zero-order chi connectivity index (χ0) is 23.9. The van der Waals surface area contributed by atoms with Gasteiger partial charge in [-0.2, -0.15) is 5.26 Å². The SMILES string of the molecule is N#Cc1ccc(-c2nc3c(N4CCCCC(N)C4)ccnc3n2-c2ccc(C3CC3)cc2)cc1F. The summed E-state index contributed by atoms with van der Waals surface area (Å²) in [7, 11) is 0. The van der Waals surface area contributed by atoms with Gasteiger partial charge in [0.25, 0.3) is 0 Å². The number of hydrogen-bond acceptors (Lipinski definition) is 5. The number of nitrogens with two attached hydrogens (primary N) is 1. The molecule has 2 aliphatic rings. The molecule has 6 nitrogen and oxygen atoms in total. The van der Waals surface area contributed by atoms with Crippen LogP contribution >= 0.6 is 0 Å². The van der Waals surface area contributed by atoms with E-state index in [1.807, 2.05) is 22.9 Å². The lowest BCUT2D eigenvalue weighted by atomic mass is 10.1. The van der Waals surface area contributed by atoms with Gasteiger partial charge in [-0.25, -0.2) is 14.4 Å². The molecule has 2 N–H and O–H groups in total. The van der Waals surface area contributed by atoms with Crippen LogP contribution in [0.15, 0.2) is 54.7 Å². The number of anilines is 1. The summed E-state index contributed by atoms with van der Waals surface area (Å²) in [6, 6.07) is 17.2. The molecule has 1 atom stereocenters. The molecule has 1 aliphatic heterocycles. The van der Waals surface area contributed by atoms with Gasteiger partial charge in [-0.15, -0.1) is 0 Å². The lowest BCUT2D eigenvalue weighted by molar-refractivity contribution is 0.621. The van der Waals surface area contributed by atoms with Crippen LogP contribution in [0.1, 0.15) is 49.1 Å². The van der Waals surface area contributed by atoms with E-state index in [1.54, 1.807) is 6.07 Å². The van der Waals surface area contributed by atoms with E-state index >= 15 is 0 Å². The number of halogens is 1. The normalized spacial score (nSPS) is 18.4. The second kappa shape index (κ2) is 8.79. The number of hydrogen-bond donors (Lipinski definition) is 1. The molecule has 1 aliphatic carbocycles. The highest BCUT2D eigenvalue weighted by atomic mass is 19.1. The van der Waals surface area contributed by atoms with Gasteiger partial charge in [0.15, 0.2) is 5.65 Å². The second-order valence-corrected chi connectivity index (χ2v) is 9.65. The summed E-state index contributed by atoms with van der Waals surface area (Å²) in [5.74, 6) is 0.702. The molecule has 3 heterocycles. The Bertz CT molecular complexity index is 1430. The summed E-state index contributed by atoms with van der Waals surface area (Å²) >= 11 is 0. The van der Waals surface area contributed by atoms with Crippen molar-refractivity contribution in [1.82, 2.24) is 14.5 Å². The molecule has 2 fully saturated rings. The van der Waals surface area contributed by atoms with E-state index in [0.717, 1.165) is 54.9 Å². The van der Waals surface area contributed by atoms with E-state index in [1.165, 1.54) is 30.5 Å². The van der Waals surface area contributed by atoms with Crippen LogP contribution in [-0.4, -0.2) is 33.7 Å². The molecule has 7 heteroatoms. The van der Waals surface area contributed by atoms with Gasteiger partial charge < -0.3 is 10.6 Å². The summed E-state index contributed by atoms with van der Waals surface area (Å²) in [6.45, 7) is 1.68. The minimum Gasteiger partial charge on any atom is -0.368 e. The Morgan fingerprint density at radius 1 is 1.03 bits per heavy atom. The number of pyridine rings is 1. The molecule has 35 heavy (non-hydrogen) atoms. The van der Waals surface area contributed by atoms with Crippen LogP contribution in [0.4, 0.5) is 10.1 Å². The Morgan fingerprint density at radius 2 is 1.86 bits per heavy atom. The number of rotatable bonds is 4. The first-order valence-electron chi connectivity index (χ1n) is 12.3. The lowest BCUT2D eigenvalue weighted by Gasteiger charge is -2.25. The number of nitrogens with zero attached hydrogens (tertiary/aromatic N) is 5. The van der Waals surface area contributed by atoms with Gasteiger partial charge in [-0.1, -0.05) is 18.6 Å². The van der Waals surface area contributed by atoms with Crippen LogP contribution in [-0.2, 0) is 0 Å². The van der Waals surface area contributed by atoms with Crippen molar-refractivity contribution in [2.75, 3.05) is 18.0 Å². The Labute approximate surface area is 203 Å². The molecule has 2 aromatic carbocycles. The summed E-state index contributed by atoms with van der Waals surface area (Å²) in [5, 5.41) is 9.19. The van der Waals surface area contributed by atoms with Gasteiger partial charge in [-0.3, -0.25) is 4.57 Å². The topological polar surface area (TPSA) is 83.8 Å². The molecule has 176 valence electrons. The molecular weight excluding hydrogens is 439 g/mol. The van der Waals surface area contributed by atoms with Gasteiger partial charge in [-0.05, 0) is 73.6 Å². The van der Waals surface area contributed by atoms with E-state index < -0.39 is 5.82 Å². The smallest absolute Gasteiger partial charge is 0.167 e. The van der Waals surface area contributed by atoms with Crippen molar-refractivity contribution in [3.63, 3.8) is 0 Å². The van der Waals surface area contributed by atoms with Gasteiger partial charge in [0.1, 0.15) is 23.2 Å². The van der Waals surface area contributed by atoms with Crippen LogP contribution in [0.5, 0.6) is 0 Å². The number of benzene rings is 2. The van der Waals surface area contributed by atoms with Gasteiger partial charge in [0, 0.05) is 36.6 Å². The molecular formula is C28H27FN6. The highest BCUT2D eigenvalue weighted by Crippen LogP contribution is 2.40. The third kappa shape index (κ3) is 4.04. The van der Waals surface area contributed by atoms with Crippen LogP contribution in [0.2, 0.25) is 0 Å². The first-order valence-corrected chi connectivity index (χ1v) is 12.3. The molecule has 0 radical (unpaired) electrons. The summed E-state index contributed by atoms with van der Waals surface area (Å²) in [6.07, 6.45) is 7.51. The molecule has 1 saturated heterocycles. The average molecular weight is 467 g/mol. The average Bonchev–Trinajstić information content (AvgIpc) is 3.68. The van der Waals surface area contributed by atoms with E-state index in [0.29, 0.717) is 17.3 Å². The first kappa shape index (κ1) is 21.8. The highest BCUT2D eigenvalue weighted by molar-refractivity contribution is 5.90. The largest absolute Gasteiger partial charge is 0.368 e. The minimum atomic E-state index is -0.556. The number of nitriles is 1. The molecule has 0 spiro atoms. The molecule has 0 amide bonds. The Balaban J connectivity index is 1.55. The molecule has 1 unspecified atom stereocenters. The summed E-state index contributed by atoms with van der Waals surface area (Å²) < 4.78 is 16.6. The van der Waals surface area contributed by atoms with Crippen LogP contribution in [0.3, 0.4) is 0 Å². The quantitative estimate of drug-likeness (QED) is 0.442. The van der Waals surface area contributed by atoms with Crippen molar-refractivity contribution in [2.45, 2.75) is 44.1 Å². The maximum absolute atomic E-state index is 14.6. The minimum absolute atomic E-state index is 0.0163. The van der Waals surface area contributed by atoms with Crippen LogP contribution < -0.4 is 10.6 Å². The fourth-order valence-corrected chi connectivity index (χ4v) is 5.10. The van der Waals surface area contributed by atoms with E-state index in [2.05, 4.69) is 29.2 Å². The standard InChI is InChI=1S/C28H27FN6/c29-24-15-20(6-7-21(24)16-30)27-33-26-25(34-14-2-1-3-22(31)17-34)12-13-32-28(26)35(27)23-10-8-19(9-11-23)18-4-5-18/h6-13,15,18,22H,1-5,14,17,31H2. The van der Waals surface area contributed by atoms with Gasteiger partial charge >= 0.3 is 0 Å². The number of imidazole rings is 1. The third-order valence-corrected chi connectivity index (χ3v) is 7.12. The Morgan fingerprint density at radius 3 is 2.60 bits per heavy atom. The monoisotopic (exact) mass is 466 g/mol. The van der Waals surface area contributed by atoms with Gasteiger partial charge in [0.2, 0.25) is 0 Å². The van der Waals surface area contributed by atoms with Crippen molar-refractivity contribution < 1.29 is 4.39 Å². The number of fused-ring (bicyclic) bond motifs is 1. The molecule has 6 rings (SSSR count). The number of aromatic nitrogens is 3. The Hall–Kier alpha value is -3.76. The van der Waals surface area contributed by atoms with Crippen molar-refractivity contribution in [2.24, 2.45) is 5.73 Å². The molecule has 0 bridgehead atoms. The fraction of sp³-hybridized carbons (Fsp3) is 0.321. The van der Waals surface area contributed by atoms with E-state index in [-0.39, 0.29) is 11.6 Å². The predicted octanol–water partition coefficient (Wildman–Crippen LogP) is 5.29. The fourth-order valence-electron chi connectivity index (χ4n) is 5.10. The molecule has 1 saturated carbocycles. The van der Waals surface area contributed by atoms with E-state index in [9.17, 15) is 9.65 Å². The highest BCUT2D eigenvalue weighted by Gasteiger charge is 2.25. The van der Waals surface area contributed by atoms with Crippen molar-refractivity contribution >= 4 is 16.9 Å². The second-order valence-electron chi connectivity index (χ2n) is 9.65. The first-order chi connectivity index (χ1) is 17.1. The molecule has 2 aromatic heterocycles. The van der Waals surface area contributed by atoms with Crippen molar-refractivity contribution in [3.05, 3.63) is 71.7 Å². The Kier molecular flexibility index (Phi) is 5.46. The van der Waals surface area contributed by atoms with Crippen molar-refractivity contribution in [3.8, 4) is 23.1 Å². The third-order valence-electron chi connectivity index (χ3n) is 7.12. The maximum Gasteiger partial charge on any atom is 0.167 e. The molecule has 4 aromatic rings. The zero-order valence-electron chi connectivity index (χ0n) is 19.5. The van der Waals surface area contributed by atoms with Crippen LogP contribution in [0.25, 0.3) is 28.2 Å². The van der Waals surface area contributed by atoms with Crippen molar-refractivity contribution in [1.29, 1.82) is 5.26 Å². The lowest BCUT2D eigenvalue weighted by Crippen LogP contribution is -2.35. The van der Waals surface area contributed by atoms with E-state index in [4.69, 9.17) is 15.7 Å². The zero-order valence-corrected chi connectivity index (χ0v) is 19.5.